The molecule has 108 valence electrons. The third-order valence-corrected chi connectivity index (χ3v) is 4.13. The Morgan fingerprint density at radius 3 is 2.67 bits per heavy atom. The topological polar surface area (TPSA) is 28.0 Å². The van der Waals surface area contributed by atoms with Crippen LogP contribution in [0, 0.1) is 6.92 Å². The lowest BCUT2D eigenvalue weighted by molar-refractivity contribution is 0.833. The SMILES string of the molecule is C=C1C2=C(C)CCCN=C2N=C(C)N1c1ccccc1C. The van der Waals surface area contributed by atoms with Crippen molar-refractivity contribution >= 4 is 17.4 Å². The van der Waals surface area contributed by atoms with Crippen molar-refractivity contribution in [3.63, 3.8) is 0 Å². The largest absolute Gasteiger partial charge is 0.298 e. The van der Waals surface area contributed by atoms with Gasteiger partial charge in [-0.15, -0.1) is 0 Å². The summed E-state index contributed by atoms with van der Waals surface area (Å²) in [5.41, 5.74) is 5.83. The number of fused-ring (bicyclic) bond motifs is 1. The Balaban J connectivity index is 2.17. The third kappa shape index (κ3) is 2.33. The number of hydrogen-bond donors (Lipinski definition) is 0. The number of benzene rings is 1. The van der Waals surface area contributed by atoms with Gasteiger partial charge in [-0.25, -0.2) is 4.99 Å². The molecule has 3 heteroatoms. The molecule has 0 amide bonds. The molecular weight excluding hydrogens is 258 g/mol. The van der Waals surface area contributed by atoms with Gasteiger partial charge in [0.05, 0.1) is 11.4 Å². The highest BCUT2D eigenvalue weighted by atomic mass is 15.2. The van der Waals surface area contributed by atoms with Crippen molar-refractivity contribution in [1.29, 1.82) is 0 Å². The maximum atomic E-state index is 4.74. The first-order valence-corrected chi connectivity index (χ1v) is 7.44. The Hall–Kier alpha value is -2.16. The molecule has 0 atom stereocenters. The maximum Gasteiger partial charge on any atom is 0.158 e. The summed E-state index contributed by atoms with van der Waals surface area (Å²) >= 11 is 0. The predicted molar refractivity (Wildman–Crippen MR) is 90.1 cm³/mol. The van der Waals surface area contributed by atoms with Crippen LogP contribution in [0.4, 0.5) is 5.69 Å². The van der Waals surface area contributed by atoms with Gasteiger partial charge in [0.15, 0.2) is 5.84 Å². The zero-order valence-electron chi connectivity index (χ0n) is 13.0. The summed E-state index contributed by atoms with van der Waals surface area (Å²) in [5.74, 6) is 1.80. The molecule has 0 aliphatic carbocycles. The van der Waals surface area contributed by atoms with Crippen LogP contribution in [0.5, 0.6) is 0 Å². The van der Waals surface area contributed by atoms with Crippen molar-refractivity contribution in [3.8, 4) is 0 Å². The normalized spacial score (nSPS) is 19.0. The quantitative estimate of drug-likeness (QED) is 0.755. The molecule has 0 unspecified atom stereocenters. The van der Waals surface area contributed by atoms with E-state index in [-0.39, 0.29) is 0 Å². The highest BCUT2D eigenvalue weighted by Crippen LogP contribution is 2.33. The van der Waals surface area contributed by atoms with Gasteiger partial charge < -0.3 is 0 Å². The summed E-state index contributed by atoms with van der Waals surface area (Å²) in [6, 6.07) is 8.35. The van der Waals surface area contributed by atoms with Crippen molar-refractivity contribution in [3.05, 3.63) is 53.3 Å². The Kier molecular flexibility index (Phi) is 3.50. The summed E-state index contributed by atoms with van der Waals surface area (Å²) in [7, 11) is 0. The van der Waals surface area contributed by atoms with Crippen LogP contribution in [0.2, 0.25) is 0 Å². The van der Waals surface area contributed by atoms with Gasteiger partial charge in [-0.05, 0) is 45.2 Å². The van der Waals surface area contributed by atoms with E-state index in [9.17, 15) is 0 Å². The van der Waals surface area contributed by atoms with E-state index in [1.165, 1.54) is 11.1 Å². The second-order valence-electron chi connectivity index (χ2n) is 5.69. The smallest absolute Gasteiger partial charge is 0.158 e. The Labute approximate surface area is 126 Å². The molecule has 2 aliphatic rings. The highest BCUT2D eigenvalue weighted by Gasteiger charge is 2.28. The molecule has 3 nitrogen and oxygen atoms in total. The second-order valence-corrected chi connectivity index (χ2v) is 5.69. The van der Waals surface area contributed by atoms with E-state index >= 15 is 0 Å². The van der Waals surface area contributed by atoms with Crippen LogP contribution < -0.4 is 4.90 Å². The Morgan fingerprint density at radius 1 is 1.14 bits per heavy atom. The first kappa shape index (κ1) is 13.8. The van der Waals surface area contributed by atoms with E-state index in [0.717, 1.165) is 48.0 Å². The maximum absolute atomic E-state index is 4.74. The van der Waals surface area contributed by atoms with Crippen molar-refractivity contribution < 1.29 is 0 Å². The van der Waals surface area contributed by atoms with Crippen LogP contribution in [-0.2, 0) is 0 Å². The number of aryl methyl sites for hydroxylation is 1. The number of amidine groups is 2. The lowest BCUT2D eigenvalue weighted by Crippen LogP contribution is -2.35. The fourth-order valence-corrected chi connectivity index (χ4v) is 3.04. The molecule has 0 N–H and O–H groups in total. The van der Waals surface area contributed by atoms with Crippen LogP contribution in [0.1, 0.15) is 32.3 Å². The zero-order valence-corrected chi connectivity index (χ0v) is 13.0. The average Bonchev–Trinajstić information content (AvgIpc) is 2.62. The monoisotopic (exact) mass is 279 g/mol. The van der Waals surface area contributed by atoms with E-state index in [1.54, 1.807) is 0 Å². The van der Waals surface area contributed by atoms with Crippen molar-refractivity contribution in [2.75, 3.05) is 11.4 Å². The van der Waals surface area contributed by atoms with Gasteiger partial charge in [0, 0.05) is 12.1 Å². The fourth-order valence-electron chi connectivity index (χ4n) is 3.04. The molecule has 2 aliphatic heterocycles. The van der Waals surface area contributed by atoms with Crippen LogP contribution in [-0.4, -0.2) is 18.2 Å². The number of aliphatic imine (C=N–C) groups is 2. The van der Waals surface area contributed by atoms with E-state index in [2.05, 4.69) is 54.6 Å². The first-order valence-electron chi connectivity index (χ1n) is 7.44. The molecule has 0 saturated heterocycles. The lowest BCUT2D eigenvalue weighted by Gasteiger charge is -2.33. The average molecular weight is 279 g/mol. The third-order valence-electron chi connectivity index (χ3n) is 4.13. The van der Waals surface area contributed by atoms with Gasteiger partial charge in [-0.2, -0.15) is 0 Å². The summed E-state index contributed by atoms with van der Waals surface area (Å²) in [5, 5.41) is 0. The number of allylic oxidation sites excluding steroid dienone is 1. The summed E-state index contributed by atoms with van der Waals surface area (Å²) in [6.07, 6.45) is 2.16. The molecule has 0 fully saturated rings. The molecule has 21 heavy (non-hydrogen) atoms. The molecule has 0 bridgehead atoms. The van der Waals surface area contributed by atoms with Crippen LogP contribution in [0.3, 0.4) is 0 Å². The van der Waals surface area contributed by atoms with Crippen molar-refractivity contribution in [2.24, 2.45) is 9.98 Å². The number of para-hydroxylation sites is 1. The van der Waals surface area contributed by atoms with Crippen LogP contribution >= 0.6 is 0 Å². The summed E-state index contributed by atoms with van der Waals surface area (Å²) in [4.78, 5) is 11.5. The van der Waals surface area contributed by atoms with Gasteiger partial charge in [0.25, 0.3) is 0 Å². The van der Waals surface area contributed by atoms with E-state index in [4.69, 9.17) is 4.99 Å². The summed E-state index contributed by atoms with van der Waals surface area (Å²) < 4.78 is 0. The molecular formula is C18H21N3. The van der Waals surface area contributed by atoms with E-state index in [1.807, 2.05) is 6.92 Å². The fraction of sp³-hybridized carbons (Fsp3) is 0.333. The lowest BCUT2D eigenvalue weighted by atomic mass is 9.99. The molecule has 1 aromatic carbocycles. The number of hydrogen-bond acceptors (Lipinski definition) is 3. The standard InChI is InChI=1S/C18H21N3/c1-12-8-5-6-10-16(12)21-14(3)17-13(2)9-7-11-19-18(17)20-15(21)4/h5-6,8,10H,3,7,9,11H2,1-2,4H3. The number of rotatable bonds is 1. The Bertz CT molecular complexity index is 692. The molecule has 2 heterocycles. The van der Waals surface area contributed by atoms with Crippen LogP contribution in [0.15, 0.2) is 57.7 Å². The van der Waals surface area contributed by atoms with Crippen molar-refractivity contribution in [1.82, 2.24) is 0 Å². The minimum Gasteiger partial charge on any atom is -0.298 e. The second kappa shape index (κ2) is 5.32. The molecule has 1 aromatic rings. The zero-order chi connectivity index (χ0) is 15.0. The number of anilines is 1. The molecule has 0 spiro atoms. The highest BCUT2D eigenvalue weighted by molar-refractivity contribution is 6.19. The molecule has 0 aromatic heterocycles. The first-order chi connectivity index (χ1) is 10.1. The minimum absolute atomic E-state index is 0.852. The van der Waals surface area contributed by atoms with E-state index in [0.29, 0.717) is 0 Å². The molecule has 3 rings (SSSR count). The predicted octanol–water partition coefficient (Wildman–Crippen LogP) is 4.26. The number of nitrogens with zero attached hydrogens (tertiary/aromatic N) is 3. The van der Waals surface area contributed by atoms with Gasteiger partial charge in [-0.3, -0.25) is 9.89 Å². The molecule has 0 saturated carbocycles. The van der Waals surface area contributed by atoms with E-state index < -0.39 is 0 Å². The minimum atomic E-state index is 0.852. The van der Waals surface area contributed by atoms with Gasteiger partial charge in [-0.1, -0.05) is 30.4 Å². The van der Waals surface area contributed by atoms with Gasteiger partial charge >= 0.3 is 0 Å². The van der Waals surface area contributed by atoms with Crippen molar-refractivity contribution in [2.45, 2.75) is 33.6 Å². The van der Waals surface area contributed by atoms with Crippen LogP contribution in [0.25, 0.3) is 0 Å². The summed E-state index contributed by atoms with van der Waals surface area (Å²) in [6.45, 7) is 11.5. The van der Waals surface area contributed by atoms with Gasteiger partial charge in [0.1, 0.15) is 5.84 Å². The van der Waals surface area contributed by atoms with Gasteiger partial charge in [0.2, 0.25) is 0 Å². The molecule has 0 radical (unpaired) electrons. The Morgan fingerprint density at radius 2 is 1.90 bits per heavy atom.